The summed E-state index contributed by atoms with van der Waals surface area (Å²) in [5.41, 5.74) is 0.719. The van der Waals surface area contributed by atoms with E-state index in [9.17, 15) is 8.42 Å². The highest BCUT2D eigenvalue weighted by Gasteiger charge is 2.19. The predicted molar refractivity (Wildman–Crippen MR) is 74.8 cm³/mol. The smallest absolute Gasteiger partial charge is 0.282 e. The molecule has 0 atom stereocenters. The van der Waals surface area contributed by atoms with Crippen LogP contribution in [0.1, 0.15) is 19.5 Å². The zero-order chi connectivity index (χ0) is 14.8. The van der Waals surface area contributed by atoms with Gasteiger partial charge in [-0.2, -0.15) is 8.42 Å². The van der Waals surface area contributed by atoms with Crippen molar-refractivity contribution in [1.82, 2.24) is 14.5 Å². The first kappa shape index (κ1) is 14.5. The summed E-state index contributed by atoms with van der Waals surface area (Å²) < 4.78 is 28.2. The van der Waals surface area contributed by atoms with E-state index in [1.807, 2.05) is 6.92 Å². The Morgan fingerprint density at radius 1 is 1.60 bits per heavy atom. The molecule has 0 amide bonds. The molecular weight excluding hydrogens is 302 g/mol. The fourth-order valence-electron chi connectivity index (χ4n) is 1.36. The van der Waals surface area contributed by atoms with Crippen LogP contribution < -0.4 is 4.72 Å². The number of oxime groups is 1. The van der Waals surface area contributed by atoms with Gasteiger partial charge in [-0.15, -0.1) is 11.3 Å². The minimum Gasteiger partial charge on any atom is -0.411 e. The third-order valence-electron chi connectivity index (χ3n) is 2.50. The molecule has 2 aromatic heterocycles. The number of hydrogen-bond donors (Lipinski definition) is 2. The van der Waals surface area contributed by atoms with Crippen LogP contribution in [0.25, 0.3) is 0 Å². The molecule has 20 heavy (non-hydrogen) atoms. The Morgan fingerprint density at radius 2 is 2.35 bits per heavy atom. The van der Waals surface area contributed by atoms with E-state index in [2.05, 4.69) is 19.8 Å². The monoisotopic (exact) mass is 315 g/mol. The number of nitrogens with one attached hydrogen (secondary N) is 1. The third kappa shape index (κ3) is 2.96. The molecule has 2 rings (SSSR count). The van der Waals surface area contributed by atoms with Crippen molar-refractivity contribution in [1.29, 1.82) is 0 Å². The van der Waals surface area contributed by atoms with Gasteiger partial charge in [0.15, 0.2) is 10.2 Å². The van der Waals surface area contributed by atoms with Crippen molar-refractivity contribution >= 4 is 32.2 Å². The van der Waals surface area contributed by atoms with Gasteiger partial charge in [-0.1, -0.05) is 5.16 Å². The highest BCUT2D eigenvalue weighted by Crippen LogP contribution is 2.19. The average molecular weight is 315 g/mol. The number of sulfonamides is 1. The third-order valence-corrected chi connectivity index (χ3v) is 4.61. The van der Waals surface area contributed by atoms with Crippen molar-refractivity contribution in [3.8, 4) is 0 Å². The Kier molecular flexibility index (Phi) is 4.04. The second kappa shape index (κ2) is 5.59. The Labute approximate surface area is 119 Å². The summed E-state index contributed by atoms with van der Waals surface area (Å²) >= 11 is 1.10. The lowest BCUT2D eigenvalue weighted by Crippen LogP contribution is -2.13. The summed E-state index contributed by atoms with van der Waals surface area (Å²) in [5.74, 6) is 0. The van der Waals surface area contributed by atoms with E-state index in [0.29, 0.717) is 18.0 Å². The lowest BCUT2D eigenvalue weighted by atomic mass is 10.3. The molecule has 2 aromatic rings. The molecule has 0 unspecified atom stereocenters. The minimum atomic E-state index is -3.76. The van der Waals surface area contributed by atoms with Gasteiger partial charge in [-0.25, -0.2) is 9.97 Å². The van der Waals surface area contributed by atoms with Gasteiger partial charge in [0, 0.05) is 18.1 Å². The van der Waals surface area contributed by atoms with Crippen LogP contribution in [-0.4, -0.2) is 33.9 Å². The van der Waals surface area contributed by atoms with Crippen LogP contribution in [0.5, 0.6) is 0 Å². The zero-order valence-corrected chi connectivity index (χ0v) is 12.4. The van der Waals surface area contributed by atoms with Gasteiger partial charge in [-0.05, 0) is 13.8 Å². The SMILES string of the molecule is CCn1cnc(S(=O)(=O)Nc2nc(C(C)=NO)cs2)c1. The summed E-state index contributed by atoms with van der Waals surface area (Å²) in [7, 11) is -3.76. The van der Waals surface area contributed by atoms with E-state index in [1.54, 1.807) is 16.9 Å². The number of hydrogen-bond acceptors (Lipinski definition) is 7. The number of aryl methyl sites for hydroxylation is 1. The maximum atomic E-state index is 12.1. The molecule has 0 aliphatic rings. The number of thiazole rings is 1. The first-order valence-corrected chi connectivity index (χ1v) is 8.01. The van der Waals surface area contributed by atoms with Gasteiger partial charge >= 0.3 is 0 Å². The molecule has 0 saturated carbocycles. The van der Waals surface area contributed by atoms with E-state index < -0.39 is 10.0 Å². The van der Waals surface area contributed by atoms with E-state index in [-0.39, 0.29) is 10.2 Å². The summed E-state index contributed by atoms with van der Waals surface area (Å²) in [6, 6.07) is 0. The van der Waals surface area contributed by atoms with E-state index in [0.717, 1.165) is 11.3 Å². The molecule has 8 nitrogen and oxygen atoms in total. The van der Waals surface area contributed by atoms with Gasteiger partial charge in [0.2, 0.25) is 0 Å². The number of imidazole rings is 1. The van der Waals surface area contributed by atoms with Gasteiger partial charge in [-0.3, -0.25) is 4.72 Å². The topological polar surface area (TPSA) is 109 Å². The van der Waals surface area contributed by atoms with Gasteiger partial charge in [0.1, 0.15) is 11.4 Å². The molecule has 0 aromatic carbocycles. The fourth-order valence-corrected chi connectivity index (χ4v) is 3.32. The standard InChI is InChI=1S/C10H13N5O3S2/c1-3-15-4-9(11-6-15)20(17,18)14-10-12-8(5-19-10)7(2)13-16/h4-6,16H,3H2,1-2H3,(H,12,14). The zero-order valence-electron chi connectivity index (χ0n) is 10.8. The number of aromatic nitrogens is 3. The molecule has 0 bridgehead atoms. The largest absolute Gasteiger partial charge is 0.411 e. The van der Waals surface area contributed by atoms with Gasteiger partial charge < -0.3 is 9.77 Å². The van der Waals surface area contributed by atoms with Crippen LogP contribution in [0.15, 0.2) is 28.1 Å². The lowest BCUT2D eigenvalue weighted by molar-refractivity contribution is 0.319. The first-order chi connectivity index (χ1) is 9.46. The van der Waals surface area contributed by atoms with Crippen molar-refractivity contribution in [2.24, 2.45) is 5.16 Å². The van der Waals surface area contributed by atoms with Crippen LogP contribution in [0.2, 0.25) is 0 Å². The molecule has 0 radical (unpaired) electrons. The van der Waals surface area contributed by atoms with Crippen molar-refractivity contribution in [3.05, 3.63) is 23.6 Å². The Balaban J connectivity index is 2.22. The molecule has 10 heteroatoms. The van der Waals surface area contributed by atoms with Crippen molar-refractivity contribution in [2.45, 2.75) is 25.4 Å². The van der Waals surface area contributed by atoms with Crippen LogP contribution in [0.3, 0.4) is 0 Å². The Hall–Kier alpha value is -1.94. The molecule has 2 N–H and O–H groups in total. The maximum absolute atomic E-state index is 12.1. The normalized spacial score (nSPS) is 12.6. The highest BCUT2D eigenvalue weighted by molar-refractivity contribution is 7.92. The molecule has 0 spiro atoms. The Morgan fingerprint density at radius 3 is 2.95 bits per heavy atom. The fraction of sp³-hybridized carbons (Fsp3) is 0.300. The van der Waals surface area contributed by atoms with Crippen molar-refractivity contribution in [3.63, 3.8) is 0 Å². The van der Waals surface area contributed by atoms with E-state index in [1.165, 1.54) is 12.5 Å². The molecule has 0 aliphatic carbocycles. The number of rotatable bonds is 5. The van der Waals surface area contributed by atoms with E-state index >= 15 is 0 Å². The van der Waals surface area contributed by atoms with Crippen LogP contribution >= 0.6 is 11.3 Å². The number of anilines is 1. The van der Waals surface area contributed by atoms with Crippen LogP contribution in [0, 0.1) is 0 Å². The summed E-state index contributed by atoms with van der Waals surface area (Å²) in [6.07, 6.45) is 2.89. The Bertz CT molecular complexity index is 732. The van der Waals surface area contributed by atoms with Crippen LogP contribution in [0.4, 0.5) is 5.13 Å². The highest BCUT2D eigenvalue weighted by atomic mass is 32.2. The van der Waals surface area contributed by atoms with Gasteiger partial charge in [0.05, 0.1) is 6.33 Å². The first-order valence-electron chi connectivity index (χ1n) is 5.65. The van der Waals surface area contributed by atoms with E-state index in [4.69, 9.17) is 5.21 Å². The second-order valence-electron chi connectivity index (χ2n) is 3.87. The second-order valence-corrected chi connectivity index (χ2v) is 6.36. The molecular formula is C10H13N5O3S2. The minimum absolute atomic E-state index is 0.0661. The maximum Gasteiger partial charge on any atom is 0.282 e. The molecule has 108 valence electrons. The molecule has 0 aliphatic heterocycles. The molecule has 0 saturated heterocycles. The van der Waals surface area contributed by atoms with Crippen LogP contribution in [-0.2, 0) is 16.6 Å². The predicted octanol–water partition coefficient (Wildman–Crippen LogP) is 1.36. The van der Waals surface area contributed by atoms with Crippen molar-refractivity contribution < 1.29 is 13.6 Å². The molecule has 0 fully saturated rings. The number of nitrogens with zero attached hydrogens (tertiary/aromatic N) is 4. The summed E-state index contributed by atoms with van der Waals surface area (Å²) in [6.45, 7) is 4.09. The summed E-state index contributed by atoms with van der Waals surface area (Å²) in [5, 5.41) is 13.4. The summed E-state index contributed by atoms with van der Waals surface area (Å²) in [4.78, 5) is 7.86. The lowest BCUT2D eigenvalue weighted by Gasteiger charge is -2.01. The molecule has 2 heterocycles. The quantitative estimate of drug-likeness (QED) is 0.492. The van der Waals surface area contributed by atoms with Gasteiger partial charge in [0.25, 0.3) is 10.0 Å². The van der Waals surface area contributed by atoms with Crippen molar-refractivity contribution in [2.75, 3.05) is 4.72 Å². The average Bonchev–Trinajstić information content (AvgIpc) is 3.06.